The quantitative estimate of drug-likeness (QED) is 0.255. The number of hydrogen-bond acceptors (Lipinski definition) is 4. The lowest BCUT2D eigenvalue weighted by atomic mass is 10.0. The van der Waals surface area contributed by atoms with E-state index in [0.717, 1.165) is 0 Å². The van der Waals surface area contributed by atoms with E-state index in [1.807, 2.05) is 0 Å². The minimum atomic E-state index is -0.817. The van der Waals surface area contributed by atoms with Gasteiger partial charge >= 0.3 is 5.97 Å². The van der Waals surface area contributed by atoms with Crippen molar-refractivity contribution in [1.82, 2.24) is 0 Å². The average Bonchev–Trinajstić information content (AvgIpc) is 2.55. The Labute approximate surface area is 154 Å². The lowest BCUT2D eigenvalue weighted by Crippen LogP contribution is -2.18. The standard InChI is InChI=1S/C18H14Cl2FNO3/c1-2-25-18(24)15(10-22-13-5-3-4-12(21)9-13)17(23)14-7-6-11(19)8-16(14)20/h3-10,22H,2H2,1H3. The van der Waals surface area contributed by atoms with E-state index in [2.05, 4.69) is 5.32 Å². The van der Waals surface area contributed by atoms with Gasteiger partial charge in [0.1, 0.15) is 11.4 Å². The zero-order valence-electron chi connectivity index (χ0n) is 13.2. The first kappa shape index (κ1) is 19.0. The fourth-order valence-electron chi connectivity index (χ4n) is 1.98. The number of anilines is 1. The molecule has 0 fully saturated rings. The third-order valence-electron chi connectivity index (χ3n) is 3.12. The summed E-state index contributed by atoms with van der Waals surface area (Å²) in [6.45, 7) is 1.72. The average molecular weight is 382 g/mol. The summed E-state index contributed by atoms with van der Waals surface area (Å²) in [5, 5.41) is 3.19. The Morgan fingerprint density at radius 1 is 1.20 bits per heavy atom. The molecule has 0 atom stereocenters. The van der Waals surface area contributed by atoms with Gasteiger partial charge in [-0.15, -0.1) is 0 Å². The lowest BCUT2D eigenvalue weighted by Gasteiger charge is -2.09. The number of Topliss-reactive ketones (excluding diaryl/α,β-unsaturated/α-hetero) is 1. The van der Waals surface area contributed by atoms with Gasteiger partial charge < -0.3 is 10.1 Å². The van der Waals surface area contributed by atoms with Gasteiger partial charge in [-0.1, -0.05) is 29.3 Å². The molecule has 0 aliphatic heterocycles. The van der Waals surface area contributed by atoms with Crippen LogP contribution in [0.3, 0.4) is 0 Å². The maximum atomic E-state index is 13.2. The van der Waals surface area contributed by atoms with E-state index in [1.165, 1.54) is 42.6 Å². The van der Waals surface area contributed by atoms with E-state index in [4.69, 9.17) is 27.9 Å². The van der Waals surface area contributed by atoms with E-state index < -0.39 is 17.6 Å². The van der Waals surface area contributed by atoms with Crippen molar-refractivity contribution in [3.63, 3.8) is 0 Å². The second-order valence-corrected chi connectivity index (χ2v) is 5.73. The monoisotopic (exact) mass is 381 g/mol. The Balaban J connectivity index is 2.36. The molecule has 0 saturated heterocycles. The molecule has 0 amide bonds. The molecule has 7 heteroatoms. The number of nitrogens with one attached hydrogen (secondary N) is 1. The molecule has 130 valence electrons. The molecule has 0 radical (unpaired) electrons. The molecular weight excluding hydrogens is 368 g/mol. The molecule has 0 saturated carbocycles. The van der Waals surface area contributed by atoms with Crippen molar-refractivity contribution in [2.75, 3.05) is 11.9 Å². The van der Waals surface area contributed by atoms with Crippen molar-refractivity contribution >= 4 is 40.6 Å². The lowest BCUT2D eigenvalue weighted by molar-refractivity contribution is -0.138. The van der Waals surface area contributed by atoms with E-state index in [-0.39, 0.29) is 22.8 Å². The largest absolute Gasteiger partial charge is 0.462 e. The summed E-state index contributed by atoms with van der Waals surface area (Å²) in [6, 6.07) is 9.89. The zero-order valence-corrected chi connectivity index (χ0v) is 14.7. The number of benzene rings is 2. The second-order valence-electron chi connectivity index (χ2n) is 4.89. The van der Waals surface area contributed by atoms with Crippen LogP contribution in [0.15, 0.2) is 54.2 Å². The molecular formula is C18H14Cl2FNO3. The normalized spacial score (nSPS) is 11.1. The van der Waals surface area contributed by atoms with E-state index in [1.54, 1.807) is 13.0 Å². The van der Waals surface area contributed by atoms with E-state index in [0.29, 0.717) is 10.7 Å². The maximum Gasteiger partial charge on any atom is 0.343 e. The van der Waals surface area contributed by atoms with Crippen molar-refractivity contribution in [3.05, 3.63) is 75.7 Å². The van der Waals surface area contributed by atoms with Crippen LogP contribution in [0.4, 0.5) is 10.1 Å². The SMILES string of the molecule is CCOC(=O)C(=CNc1cccc(F)c1)C(=O)c1ccc(Cl)cc1Cl. The molecule has 1 N–H and O–H groups in total. The molecule has 0 aliphatic carbocycles. The number of rotatable bonds is 6. The van der Waals surface area contributed by atoms with Crippen LogP contribution in [0.25, 0.3) is 0 Å². The molecule has 2 aromatic carbocycles. The number of hydrogen-bond donors (Lipinski definition) is 1. The number of ether oxygens (including phenoxy) is 1. The highest BCUT2D eigenvalue weighted by molar-refractivity contribution is 6.39. The van der Waals surface area contributed by atoms with Crippen molar-refractivity contribution in [2.45, 2.75) is 6.92 Å². The predicted octanol–water partition coefficient (Wildman–Crippen LogP) is 4.87. The van der Waals surface area contributed by atoms with Gasteiger partial charge in [-0.05, 0) is 43.3 Å². The van der Waals surface area contributed by atoms with Crippen LogP contribution in [0.5, 0.6) is 0 Å². The van der Waals surface area contributed by atoms with Crippen LogP contribution < -0.4 is 5.32 Å². The highest BCUT2D eigenvalue weighted by Crippen LogP contribution is 2.24. The summed E-state index contributed by atoms with van der Waals surface area (Å²) in [5.74, 6) is -1.91. The first-order valence-corrected chi connectivity index (χ1v) is 8.07. The van der Waals surface area contributed by atoms with Gasteiger partial charge in [0, 0.05) is 22.5 Å². The molecule has 2 aromatic rings. The Kier molecular flexibility index (Phi) is 6.56. The molecule has 0 bridgehead atoms. The predicted molar refractivity (Wildman–Crippen MR) is 95.5 cm³/mol. The molecule has 2 rings (SSSR count). The Morgan fingerprint density at radius 3 is 2.60 bits per heavy atom. The highest BCUT2D eigenvalue weighted by Gasteiger charge is 2.23. The molecule has 0 unspecified atom stereocenters. The molecule has 0 spiro atoms. The molecule has 0 heterocycles. The van der Waals surface area contributed by atoms with Crippen LogP contribution in [0, 0.1) is 5.82 Å². The second kappa shape index (κ2) is 8.65. The summed E-state index contributed by atoms with van der Waals surface area (Å²) < 4.78 is 18.1. The molecule has 4 nitrogen and oxygen atoms in total. The van der Waals surface area contributed by atoms with Gasteiger partial charge in [0.25, 0.3) is 0 Å². The summed E-state index contributed by atoms with van der Waals surface area (Å²) in [4.78, 5) is 24.8. The van der Waals surface area contributed by atoms with Crippen LogP contribution in [-0.4, -0.2) is 18.4 Å². The van der Waals surface area contributed by atoms with Crippen LogP contribution in [0.1, 0.15) is 17.3 Å². The number of halogens is 3. The van der Waals surface area contributed by atoms with Crippen molar-refractivity contribution in [3.8, 4) is 0 Å². The number of esters is 1. The maximum absolute atomic E-state index is 13.2. The van der Waals surface area contributed by atoms with Crippen LogP contribution in [0.2, 0.25) is 10.0 Å². The van der Waals surface area contributed by atoms with Crippen molar-refractivity contribution in [2.24, 2.45) is 0 Å². The minimum absolute atomic E-state index is 0.0950. The van der Waals surface area contributed by atoms with Gasteiger partial charge in [0.2, 0.25) is 5.78 Å². The van der Waals surface area contributed by atoms with Crippen molar-refractivity contribution in [1.29, 1.82) is 0 Å². The Morgan fingerprint density at radius 2 is 1.96 bits per heavy atom. The molecule has 0 aromatic heterocycles. The van der Waals surface area contributed by atoms with Crippen molar-refractivity contribution < 1.29 is 18.7 Å². The summed E-state index contributed by atoms with van der Waals surface area (Å²) in [5.41, 5.74) is 0.207. The van der Waals surface area contributed by atoms with Crippen LogP contribution >= 0.6 is 23.2 Å². The number of carbonyl (C=O) groups is 2. The first-order chi connectivity index (χ1) is 11.9. The van der Waals surface area contributed by atoms with E-state index in [9.17, 15) is 14.0 Å². The third-order valence-corrected chi connectivity index (χ3v) is 3.67. The third kappa shape index (κ3) is 5.05. The van der Waals surface area contributed by atoms with Gasteiger partial charge in [0.15, 0.2) is 0 Å². The highest BCUT2D eigenvalue weighted by atomic mass is 35.5. The number of ketones is 1. The minimum Gasteiger partial charge on any atom is -0.462 e. The van der Waals surface area contributed by atoms with Crippen LogP contribution in [-0.2, 0) is 9.53 Å². The Bertz CT molecular complexity index is 837. The summed E-state index contributed by atoms with van der Waals surface area (Å²) in [6.07, 6.45) is 1.17. The molecule has 25 heavy (non-hydrogen) atoms. The number of carbonyl (C=O) groups excluding carboxylic acids is 2. The van der Waals surface area contributed by atoms with Gasteiger partial charge in [-0.3, -0.25) is 4.79 Å². The first-order valence-electron chi connectivity index (χ1n) is 7.31. The summed E-state index contributed by atoms with van der Waals surface area (Å²) in [7, 11) is 0. The zero-order chi connectivity index (χ0) is 18.4. The fourth-order valence-corrected chi connectivity index (χ4v) is 2.47. The topological polar surface area (TPSA) is 55.4 Å². The van der Waals surface area contributed by atoms with E-state index >= 15 is 0 Å². The van der Waals surface area contributed by atoms with Gasteiger partial charge in [0.05, 0.1) is 11.6 Å². The summed E-state index contributed by atoms with van der Waals surface area (Å²) >= 11 is 11.9. The fraction of sp³-hybridized carbons (Fsp3) is 0.111. The molecule has 0 aliphatic rings. The Hall–Kier alpha value is -2.37. The van der Waals surface area contributed by atoms with Gasteiger partial charge in [-0.2, -0.15) is 0 Å². The van der Waals surface area contributed by atoms with Gasteiger partial charge in [-0.25, -0.2) is 9.18 Å². The smallest absolute Gasteiger partial charge is 0.343 e.